The number of fused-ring (bicyclic) bond motifs is 5. The molecule has 206 valence electrons. The highest BCUT2D eigenvalue weighted by Crippen LogP contribution is 2.66. The third-order valence-corrected chi connectivity index (χ3v) is 10.3. The molecule has 4 aliphatic carbocycles. The zero-order valence-electron chi connectivity index (χ0n) is 22.8. The highest BCUT2D eigenvalue weighted by molar-refractivity contribution is 6.05. The van der Waals surface area contributed by atoms with Crippen LogP contribution in [0.2, 0.25) is 0 Å². The van der Waals surface area contributed by atoms with Crippen LogP contribution in [0.15, 0.2) is 41.5 Å². The normalized spacial score (nSPS) is 37.4. The Morgan fingerprint density at radius 3 is 2.76 bits per heavy atom. The minimum atomic E-state index is -0.849. The van der Waals surface area contributed by atoms with E-state index in [2.05, 4.69) is 46.4 Å². The van der Waals surface area contributed by atoms with Gasteiger partial charge in [0.05, 0.1) is 19.0 Å². The van der Waals surface area contributed by atoms with Crippen molar-refractivity contribution < 1.29 is 24.3 Å². The summed E-state index contributed by atoms with van der Waals surface area (Å²) in [6.07, 6.45) is 16.1. The second-order valence-electron chi connectivity index (χ2n) is 12.2. The summed E-state index contributed by atoms with van der Waals surface area (Å²) in [7, 11) is 1.28. The van der Waals surface area contributed by atoms with Crippen molar-refractivity contribution in [1.82, 2.24) is 15.3 Å². The zero-order chi connectivity index (χ0) is 27.1. The number of rotatable bonds is 7. The molecule has 1 aromatic heterocycles. The molecule has 3 N–H and O–H groups in total. The number of aromatic amines is 1. The van der Waals surface area contributed by atoms with Crippen LogP contribution in [-0.4, -0.2) is 58.0 Å². The summed E-state index contributed by atoms with van der Waals surface area (Å²) >= 11 is 0. The first kappa shape index (κ1) is 26.7. The Kier molecular flexibility index (Phi) is 7.00. The van der Waals surface area contributed by atoms with E-state index in [-0.39, 0.29) is 23.9 Å². The maximum Gasteiger partial charge on any atom is 0.328 e. The van der Waals surface area contributed by atoms with E-state index in [0.29, 0.717) is 29.2 Å². The second-order valence-corrected chi connectivity index (χ2v) is 12.2. The number of aromatic nitrogens is 2. The van der Waals surface area contributed by atoms with Crippen molar-refractivity contribution in [2.45, 2.75) is 77.4 Å². The van der Waals surface area contributed by atoms with Crippen LogP contribution in [-0.2, 0) is 25.6 Å². The van der Waals surface area contributed by atoms with Gasteiger partial charge in [-0.25, -0.2) is 9.78 Å². The molecule has 5 rings (SSSR count). The Bertz CT molecular complexity index is 1160. The summed E-state index contributed by atoms with van der Waals surface area (Å²) in [5.74, 6) is 0.752. The number of esters is 1. The summed E-state index contributed by atoms with van der Waals surface area (Å²) in [6.45, 7) is 6.40. The average molecular weight is 525 g/mol. The molecule has 0 bridgehead atoms. The molecule has 1 heterocycles. The van der Waals surface area contributed by atoms with Gasteiger partial charge in [-0.1, -0.05) is 30.7 Å². The maximum absolute atomic E-state index is 12.5. The average Bonchev–Trinajstić information content (AvgIpc) is 3.48. The molecular weight excluding hydrogens is 484 g/mol. The fraction of sp³-hybridized carbons (Fsp3) is 0.655. The van der Waals surface area contributed by atoms with E-state index in [0.717, 1.165) is 38.5 Å². The molecule has 0 spiro atoms. The number of methoxy groups -OCH3 is 1. The largest absolute Gasteiger partial charge is 0.467 e. The Hall–Kier alpha value is -2.94. The van der Waals surface area contributed by atoms with Gasteiger partial charge in [-0.2, -0.15) is 0 Å². The lowest BCUT2D eigenvalue weighted by atomic mass is 9.47. The standard InChI is InChI=1S/C29H40N4O5/c1-27-10-7-19(33-38-16-25(34)32-24(26(35)37-4)14-20-15-30-17-31-20)13-18(27)5-6-21-22(27)8-11-28(2)23(21)9-12-29(28,3)36/h7,10,13,15,17,21-24,36H,5-6,8-9,11-12,14,16H2,1-4H3,(H,30,31)(H,32,34)/t21?,22?,23?,24?,27-,28-,29-/m0/s1. The number of H-pyrrole nitrogens is 1. The SMILES string of the molecule is COC(=O)C(Cc1cnc[nH]1)NC(=O)CON=C1C=C[C@@]2(C)C(=C1)CCC1C2CC[C@@]2(C)C1CC[C@]2(C)O. The number of amides is 1. The predicted octanol–water partition coefficient (Wildman–Crippen LogP) is 3.47. The molecule has 1 aromatic rings. The van der Waals surface area contributed by atoms with Gasteiger partial charge in [0, 0.05) is 23.7 Å². The van der Waals surface area contributed by atoms with Crippen LogP contribution < -0.4 is 5.32 Å². The van der Waals surface area contributed by atoms with Crippen molar-refractivity contribution in [1.29, 1.82) is 0 Å². The van der Waals surface area contributed by atoms with E-state index < -0.39 is 23.5 Å². The van der Waals surface area contributed by atoms with Gasteiger partial charge in [-0.05, 0) is 80.8 Å². The molecule has 1 amide bonds. The number of carbonyl (C=O) groups excluding carboxylic acids is 2. The second kappa shape index (κ2) is 9.98. The number of hydrogen-bond acceptors (Lipinski definition) is 7. The summed E-state index contributed by atoms with van der Waals surface area (Å²) in [5, 5.41) is 18.0. The number of nitrogens with zero attached hydrogens (tertiary/aromatic N) is 2. The van der Waals surface area contributed by atoms with Crippen LogP contribution in [0.3, 0.4) is 0 Å². The van der Waals surface area contributed by atoms with Gasteiger partial charge in [-0.3, -0.25) is 4.79 Å². The van der Waals surface area contributed by atoms with Gasteiger partial charge in [0.15, 0.2) is 6.61 Å². The summed E-state index contributed by atoms with van der Waals surface area (Å²) in [6, 6.07) is -0.849. The third kappa shape index (κ3) is 4.59. The number of imidazole rings is 1. The molecule has 4 unspecified atom stereocenters. The van der Waals surface area contributed by atoms with Crippen molar-refractivity contribution in [2.24, 2.45) is 33.7 Å². The highest BCUT2D eigenvalue weighted by atomic mass is 16.6. The van der Waals surface area contributed by atoms with Gasteiger partial charge < -0.3 is 25.0 Å². The molecule has 4 aliphatic rings. The van der Waals surface area contributed by atoms with Crippen LogP contribution in [0.4, 0.5) is 0 Å². The molecule has 9 nitrogen and oxygen atoms in total. The lowest BCUT2D eigenvalue weighted by molar-refractivity contribution is -0.145. The summed E-state index contributed by atoms with van der Waals surface area (Å²) in [4.78, 5) is 36.8. The smallest absolute Gasteiger partial charge is 0.328 e. The van der Waals surface area contributed by atoms with Gasteiger partial charge >= 0.3 is 5.97 Å². The molecule has 7 atom stereocenters. The molecule has 0 aromatic carbocycles. The van der Waals surface area contributed by atoms with Crippen LogP contribution >= 0.6 is 0 Å². The Morgan fingerprint density at radius 1 is 1.24 bits per heavy atom. The van der Waals surface area contributed by atoms with Gasteiger partial charge in [0.2, 0.25) is 0 Å². The number of hydrogen-bond donors (Lipinski definition) is 3. The Morgan fingerprint density at radius 2 is 2.03 bits per heavy atom. The van der Waals surface area contributed by atoms with Crippen LogP contribution in [0.25, 0.3) is 0 Å². The van der Waals surface area contributed by atoms with Gasteiger partial charge in [-0.15, -0.1) is 0 Å². The van der Waals surface area contributed by atoms with E-state index in [9.17, 15) is 14.7 Å². The molecule has 3 fully saturated rings. The number of aliphatic hydroxyl groups is 1. The predicted molar refractivity (Wildman–Crippen MR) is 142 cm³/mol. The van der Waals surface area contributed by atoms with E-state index in [1.165, 1.54) is 19.0 Å². The minimum Gasteiger partial charge on any atom is -0.467 e. The van der Waals surface area contributed by atoms with Crippen molar-refractivity contribution in [3.63, 3.8) is 0 Å². The monoisotopic (exact) mass is 524 g/mol. The topological polar surface area (TPSA) is 126 Å². The van der Waals surface area contributed by atoms with Crippen molar-refractivity contribution in [3.05, 3.63) is 42.0 Å². The van der Waals surface area contributed by atoms with Crippen LogP contribution in [0, 0.1) is 28.6 Å². The molecule has 0 aliphatic heterocycles. The van der Waals surface area contributed by atoms with Crippen molar-refractivity contribution in [2.75, 3.05) is 13.7 Å². The van der Waals surface area contributed by atoms with Crippen molar-refractivity contribution >= 4 is 17.6 Å². The van der Waals surface area contributed by atoms with Crippen LogP contribution in [0.5, 0.6) is 0 Å². The minimum absolute atomic E-state index is 0.0103. The third-order valence-electron chi connectivity index (χ3n) is 10.3. The van der Waals surface area contributed by atoms with E-state index in [1.54, 1.807) is 6.20 Å². The highest BCUT2D eigenvalue weighted by Gasteiger charge is 2.61. The van der Waals surface area contributed by atoms with Crippen molar-refractivity contribution in [3.8, 4) is 0 Å². The molecular formula is C29H40N4O5. The van der Waals surface area contributed by atoms with Gasteiger partial charge in [0.25, 0.3) is 5.91 Å². The first-order valence-corrected chi connectivity index (χ1v) is 13.7. The molecule has 0 saturated heterocycles. The number of ether oxygens (including phenoxy) is 1. The number of allylic oxidation sites excluding steroid dienone is 4. The van der Waals surface area contributed by atoms with Crippen LogP contribution in [0.1, 0.15) is 65.0 Å². The Balaban J connectivity index is 1.20. The lowest BCUT2D eigenvalue weighted by Gasteiger charge is -2.58. The van der Waals surface area contributed by atoms with E-state index in [4.69, 9.17) is 9.57 Å². The molecule has 38 heavy (non-hydrogen) atoms. The van der Waals surface area contributed by atoms with E-state index in [1.807, 2.05) is 13.0 Å². The number of nitrogens with one attached hydrogen (secondary N) is 2. The fourth-order valence-electron chi connectivity index (χ4n) is 7.86. The first-order chi connectivity index (χ1) is 18.1. The number of oxime groups is 1. The maximum atomic E-state index is 12.5. The van der Waals surface area contributed by atoms with E-state index >= 15 is 0 Å². The molecule has 9 heteroatoms. The molecule has 3 saturated carbocycles. The number of carbonyl (C=O) groups is 2. The lowest BCUT2D eigenvalue weighted by Crippen LogP contribution is -2.53. The fourth-order valence-corrected chi connectivity index (χ4v) is 7.86. The molecule has 0 radical (unpaired) electrons. The summed E-state index contributed by atoms with van der Waals surface area (Å²) in [5.41, 5.74) is 2.19. The zero-order valence-corrected chi connectivity index (χ0v) is 22.8. The Labute approximate surface area is 224 Å². The first-order valence-electron chi connectivity index (χ1n) is 13.7. The van der Waals surface area contributed by atoms with Gasteiger partial charge in [0.1, 0.15) is 11.8 Å². The summed E-state index contributed by atoms with van der Waals surface area (Å²) < 4.78 is 4.81. The quantitative estimate of drug-likeness (QED) is 0.370.